The lowest BCUT2D eigenvalue weighted by atomic mass is 9.83. The normalized spacial score (nSPS) is 12.9. The molecular weight excluding hydrogens is 248 g/mol. The molecule has 5 heteroatoms. The lowest BCUT2D eigenvalue weighted by molar-refractivity contribution is 0.102. The van der Waals surface area contributed by atoms with Crippen molar-refractivity contribution >= 4 is 5.78 Å². The highest BCUT2D eigenvalue weighted by Gasteiger charge is 2.31. The van der Waals surface area contributed by atoms with E-state index in [0.717, 1.165) is 0 Å². The van der Waals surface area contributed by atoms with E-state index in [1.54, 1.807) is 0 Å². The molecule has 0 unspecified atom stereocenters. The Balaban J connectivity index is 2.33. The predicted octanol–water partition coefficient (Wildman–Crippen LogP) is 1.64. The van der Waals surface area contributed by atoms with Gasteiger partial charge < -0.3 is 20.4 Å². The summed E-state index contributed by atoms with van der Waals surface area (Å²) >= 11 is 0. The second kappa shape index (κ2) is 3.65. The first-order valence-corrected chi connectivity index (χ1v) is 5.63. The van der Waals surface area contributed by atoms with Crippen molar-refractivity contribution < 1.29 is 25.2 Å². The summed E-state index contributed by atoms with van der Waals surface area (Å²) in [5, 5.41) is 38.8. The van der Waals surface area contributed by atoms with E-state index in [-0.39, 0.29) is 29.0 Å². The number of hydrogen-bond acceptors (Lipinski definition) is 5. The van der Waals surface area contributed by atoms with Gasteiger partial charge in [-0.2, -0.15) is 0 Å². The number of fused-ring (bicyclic) bond motifs is 2. The van der Waals surface area contributed by atoms with Gasteiger partial charge in [-0.3, -0.25) is 4.79 Å². The van der Waals surface area contributed by atoms with Gasteiger partial charge in [-0.25, -0.2) is 0 Å². The van der Waals surface area contributed by atoms with Gasteiger partial charge in [0.05, 0.1) is 11.1 Å². The van der Waals surface area contributed by atoms with Crippen LogP contribution in [0.5, 0.6) is 23.0 Å². The number of phenols is 4. The summed E-state index contributed by atoms with van der Waals surface area (Å²) in [7, 11) is 0. The third-order valence-electron chi connectivity index (χ3n) is 3.33. The molecule has 0 amide bonds. The minimum atomic E-state index is -0.613. The standard InChI is InChI=1S/C14H10O5/c15-8-3-4-9(16)12-7(8)5-6-1-2-10(17)13(18)11(6)14(12)19/h1-4,15-18H,5H2. The molecule has 0 radical (unpaired) electrons. The van der Waals surface area contributed by atoms with Crippen molar-refractivity contribution in [1.82, 2.24) is 0 Å². The van der Waals surface area contributed by atoms with E-state index >= 15 is 0 Å². The maximum absolute atomic E-state index is 12.3. The molecule has 1 aliphatic carbocycles. The van der Waals surface area contributed by atoms with Gasteiger partial charge >= 0.3 is 0 Å². The molecule has 0 bridgehead atoms. The Morgan fingerprint density at radius 1 is 0.789 bits per heavy atom. The number of aromatic hydroxyl groups is 4. The van der Waals surface area contributed by atoms with E-state index in [2.05, 4.69) is 0 Å². The molecule has 0 fully saturated rings. The van der Waals surface area contributed by atoms with Gasteiger partial charge in [0.25, 0.3) is 0 Å². The molecule has 2 aromatic carbocycles. The molecule has 2 aromatic rings. The topological polar surface area (TPSA) is 98.0 Å². The summed E-state index contributed by atoms with van der Waals surface area (Å²) < 4.78 is 0. The monoisotopic (exact) mass is 258 g/mol. The molecule has 0 spiro atoms. The van der Waals surface area contributed by atoms with E-state index < -0.39 is 17.3 Å². The lowest BCUT2D eigenvalue weighted by Gasteiger charge is -2.21. The van der Waals surface area contributed by atoms with Crippen molar-refractivity contribution in [2.45, 2.75) is 6.42 Å². The van der Waals surface area contributed by atoms with Crippen molar-refractivity contribution in [2.24, 2.45) is 0 Å². The van der Waals surface area contributed by atoms with Crippen LogP contribution in [0.1, 0.15) is 27.0 Å². The number of carbonyl (C=O) groups is 1. The Labute approximate surface area is 108 Å². The van der Waals surface area contributed by atoms with Crippen LogP contribution in [0.3, 0.4) is 0 Å². The molecule has 0 atom stereocenters. The SMILES string of the molecule is O=C1c2c(ccc(O)c2O)Cc2c(O)ccc(O)c21. The van der Waals surface area contributed by atoms with Gasteiger partial charge in [0, 0.05) is 12.0 Å². The van der Waals surface area contributed by atoms with Crippen molar-refractivity contribution in [3.63, 3.8) is 0 Å². The van der Waals surface area contributed by atoms with Crippen LogP contribution >= 0.6 is 0 Å². The Hall–Kier alpha value is -2.69. The van der Waals surface area contributed by atoms with Gasteiger partial charge in [0.1, 0.15) is 11.5 Å². The maximum atomic E-state index is 12.3. The van der Waals surface area contributed by atoms with Crippen LogP contribution in [-0.4, -0.2) is 26.2 Å². The van der Waals surface area contributed by atoms with Gasteiger partial charge in [-0.15, -0.1) is 0 Å². The highest BCUT2D eigenvalue weighted by atomic mass is 16.3. The van der Waals surface area contributed by atoms with Crippen molar-refractivity contribution in [3.05, 3.63) is 46.5 Å². The molecule has 4 N–H and O–H groups in total. The van der Waals surface area contributed by atoms with E-state index in [1.807, 2.05) is 0 Å². The average molecular weight is 258 g/mol. The second-order valence-electron chi connectivity index (χ2n) is 4.43. The number of hydrogen-bond donors (Lipinski definition) is 4. The molecule has 1 aliphatic rings. The molecule has 0 saturated heterocycles. The summed E-state index contributed by atoms with van der Waals surface area (Å²) in [6, 6.07) is 5.32. The zero-order valence-corrected chi connectivity index (χ0v) is 9.71. The van der Waals surface area contributed by atoms with E-state index in [4.69, 9.17) is 0 Å². The molecule has 0 saturated carbocycles. The molecular formula is C14H10O5. The van der Waals surface area contributed by atoms with Crippen LogP contribution in [0.15, 0.2) is 24.3 Å². The van der Waals surface area contributed by atoms with Crippen LogP contribution < -0.4 is 0 Å². The largest absolute Gasteiger partial charge is 0.508 e. The van der Waals surface area contributed by atoms with Gasteiger partial charge in [0.15, 0.2) is 11.5 Å². The first-order chi connectivity index (χ1) is 9.00. The first kappa shape index (κ1) is 11.4. The number of benzene rings is 2. The Morgan fingerprint density at radius 3 is 2.16 bits per heavy atom. The molecule has 0 aliphatic heterocycles. The average Bonchev–Trinajstić information content (AvgIpc) is 2.38. The molecule has 5 nitrogen and oxygen atoms in total. The number of ketones is 1. The summed E-state index contributed by atoms with van der Waals surface area (Å²) in [5.74, 6) is -1.85. The van der Waals surface area contributed by atoms with Crippen molar-refractivity contribution in [3.8, 4) is 23.0 Å². The number of phenolic OH excluding ortho intramolecular Hbond substituents is 4. The third-order valence-corrected chi connectivity index (χ3v) is 3.33. The van der Waals surface area contributed by atoms with Crippen LogP contribution in [0, 0.1) is 0 Å². The summed E-state index contributed by atoms with van der Waals surface area (Å²) in [4.78, 5) is 12.3. The second-order valence-corrected chi connectivity index (χ2v) is 4.43. The van der Waals surface area contributed by atoms with Gasteiger partial charge in [-0.1, -0.05) is 6.07 Å². The Kier molecular flexibility index (Phi) is 2.19. The number of rotatable bonds is 0. The van der Waals surface area contributed by atoms with Gasteiger partial charge in [-0.05, 0) is 23.8 Å². The van der Waals surface area contributed by atoms with E-state index in [0.29, 0.717) is 11.1 Å². The summed E-state index contributed by atoms with van der Waals surface area (Å²) in [6.45, 7) is 0. The molecule has 96 valence electrons. The fourth-order valence-electron chi connectivity index (χ4n) is 2.39. The number of carbonyl (C=O) groups excluding carboxylic acids is 1. The van der Waals surface area contributed by atoms with Gasteiger partial charge in [0.2, 0.25) is 5.78 Å². The Morgan fingerprint density at radius 2 is 1.42 bits per heavy atom. The minimum absolute atomic E-state index is 0.0339. The Bertz CT molecular complexity index is 714. The van der Waals surface area contributed by atoms with Crippen LogP contribution in [0.4, 0.5) is 0 Å². The third kappa shape index (κ3) is 1.45. The molecule has 0 heterocycles. The van der Waals surface area contributed by atoms with Crippen LogP contribution in [0.2, 0.25) is 0 Å². The molecule has 19 heavy (non-hydrogen) atoms. The smallest absolute Gasteiger partial charge is 0.201 e. The minimum Gasteiger partial charge on any atom is -0.508 e. The molecule has 3 rings (SSSR count). The highest BCUT2D eigenvalue weighted by molar-refractivity contribution is 6.16. The quantitative estimate of drug-likeness (QED) is 0.363. The molecule has 0 aromatic heterocycles. The summed E-state index contributed by atoms with van der Waals surface area (Å²) in [6.07, 6.45) is 0.199. The van der Waals surface area contributed by atoms with Crippen LogP contribution in [0.25, 0.3) is 0 Å². The van der Waals surface area contributed by atoms with Crippen LogP contribution in [-0.2, 0) is 6.42 Å². The zero-order valence-electron chi connectivity index (χ0n) is 9.71. The highest BCUT2D eigenvalue weighted by Crippen LogP contribution is 2.42. The first-order valence-electron chi connectivity index (χ1n) is 5.63. The van der Waals surface area contributed by atoms with E-state index in [9.17, 15) is 25.2 Å². The predicted molar refractivity (Wildman–Crippen MR) is 65.8 cm³/mol. The fourth-order valence-corrected chi connectivity index (χ4v) is 2.39. The van der Waals surface area contributed by atoms with Crippen molar-refractivity contribution in [1.29, 1.82) is 0 Å². The fraction of sp³-hybridized carbons (Fsp3) is 0.0714. The lowest BCUT2D eigenvalue weighted by Crippen LogP contribution is -2.15. The van der Waals surface area contributed by atoms with E-state index in [1.165, 1.54) is 24.3 Å². The zero-order chi connectivity index (χ0) is 13.7. The van der Waals surface area contributed by atoms with Crippen molar-refractivity contribution in [2.75, 3.05) is 0 Å². The maximum Gasteiger partial charge on any atom is 0.201 e. The summed E-state index contributed by atoms with van der Waals surface area (Å²) in [5.41, 5.74) is 0.748.